The number of carbonyl (C=O) groups excluding carboxylic acids is 2. The van der Waals surface area contributed by atoms with Gasteiger partial charge in [-0.25, -0.2) is 4.79 Å². The van der Waals surface area contributed by atoms with Crippen LogP contribution >= 0.6 is 23.2 Å². The average Bonchev–Trinajstić information content (AvgIpc) is 2.93. The Hall–Kier alpha value is -2.44. The van der Waals surface area contributed by atoms with Crippen molar-refractivity contribution in [1.82, 2.24) is 5.32 Å². The highest BCUT2D eigenvalue weighted by Gasteiger charge is 2.22. The molecule has 2 aromatic rings. The smallest absolute Gasteiger partial charge is 0.339 e. The number of ether oxygens (including phenoxy) is 3. The Labute approximate surface area is 172 Å². The summed E-state index contributed by atoms with van der Waals surface area (Å²) < 4.78 is 16.4. The van der Waals surface area contributed by atoms with Crippen LogP contribution in [0.3, 0.4) is 0 Å². The van der Waals surface area contributed by atoms with E-state index in [0.29, 0.717) is 36.3 Å². The molecule has 0 spiro atoms. The van der Waals surface area contributed by atoms with Gasteiger partial charge in [0.15, 0.2) is 17.6 Å². The highest BCUT2D eigenvalue weighted by molar-refractivity contribution is 6.32. The fourth-order valence-corrected chi connectivity index (χ4v) is 2.96. The quantitative estimate of drug-likeness (QED) is 0.735. The van der Waals surface area contributed by atoms with E-state index in [1.54, 1.807) is 24.3 Å². The summed E-state index contributed by atoms with van der Waals surface area (Å²) in [5.41, 5.74) is 1.07. The predicted molar refractivity (Wildman–Crippen MR) is 105 cm³/mol. The van der Waals surface area contributed by atoms with Gasteiger partial charge in [0.1, 0.15) is 0 Å². The molecule has 1 aliphatic rings. The number of halogens is 2. The Morgan fingerprint density at radius 3 is 2.61 bits per heavy atom. The Morgan fingerprint density at radius 2 is 1.86 bits per heavy atom. The molecule has 0 aromatic heterocycles. The molecule has 28 heavy (non-hydrogen) atoms. The fraction of sp³-hybridized carbons (Fsp3) is 0.300. The summed E-state index contributed by atoms with van der Waals surface area (Å²) in [4.78, 5) is 24.6. The molecule has 2 aromatic carbocycles. The van der Waals surface area contributed by atoms with Gasteiger partial charge in [-0.05, 0) is 36.8 Å². The Morgan fingerprint density at radius 1 is 1.14 bits per heavy atom. The number of benzene rings is 2. The van der Waals surface area contributed by atoms with Gasteiger partial charge >= 0.3 is 5.97 Å². The number of esters is 1. The molecule has 0 saturated carbocycles. The maximum atomic E-state index is 12.4. The molecule has 3 rings (SSSR count). The average molecular weight is 424 g/mol. The number of amides is 1. The van der Waals surface area contributed by atoms with E-state index in [1.165, 1.54) is 19.1 Å². The molecule has 6 nitrogen and oxygen atoms in total. The van der Waals surface area contributed by atoms with Gasteiger partial charge in [-0.3, -0.25) is 4.79 Å². The highest BCUT2D eigenvalue weighted by atomic mass is 35.5. The standard InChI is InChI=1S/C20H19Cl2NO5/c1-12(19(24)23-11-13-3-5-15(21)6-4-13)28-20(25)14-9-16(22)18-17(10-14)26-7-2-8-27-18/h3-6,9-10,12H,2,7-8,11H2,1H3,(H,23,24). The summed E-state index contributed by atoms with van der Waals surface area (Å²) in [5.74, 6) is -0.295. The third kappa shape index (κ3) is 5.09. The van der Waals surface area contributed by atoms with Crippen LogP contribution in [-0.4, -0.2) is 31.2 Å². The lowest BCUT2D eigenvalue weighted by Gasteiger charge is -2.15. The summed E-state index contributed by atoms with van der Waals surface area (Å²) in [6, 6.07) is 10.0. The Kier molecular flexibility index (Phi) is 6.65. The van der Waals surface area contributed by atoms with Crippen molar-refractivity contribution in [2.75, 3.05) is 13.2 Å². The van der Waals surface area contributed by atoms with Crippen LogP contribution in [0.15, 0.2) is 36.4 Å². The minimum absolute atomic E-state index is 0.187. The second-order valence-electron chi connectivity index (χ2n) is 6.23. The van der Waals surface area contributed by atoms with Crippen LogP contribution < -0.4 is 14.8 Å². The molecule has 1 N–H and O–H groups in total. The first-order chi connectivity index (χ1) is 13.4. The van der Waals surface area contributed by atoms with E-state index in [0.717, 1.165) is 12.0 Å². The number of fused-ring (bicyclic) bond motifs is 1. The van der Waals surface area contributed by atoms with Crippen molar-refractivity contribution in [2.45, 2.75) is 26.0 Å². The van der Waals surface area contributed by atoms with Crippen molar-refractivity contribution in [3.05, 3.63) is 57.6 Å². The second-order valence-corrected chi connectivity index (χ2v) is 7.07. The highest BCUT2D eigenvalue weighted by Crippen LogP contribution is 2.38. The summed E-state index contributed by atoms with van der Waals surface area (Å²) in [6.07, 6.45) is -0.259. The van der Waals surface area contributed by atoms with Gasteiger partial charge < -0.3 is 19.5 Å². The molecule has 0 saturated heterocycles. The zero-order valence-corrected chi connectivity index (χ0v) is 16.7. The molecule has 8 heteroatoms. The van der Waals surface area contributed by atoms with Crippen LogP contribution in [0.1, 0.15) is 29.3 Å². The number of rotatable bonds is 5. The minimum atomic E-state index is -0.977. The number of carbonyl (C=O) groups is 2. The first kappa shape index (κ1) is 20.3. The van der Waals surface area contributed by atoms with Crippen molar-refractivity contribution in [3.8, 4) is 11.5 Å². The summed E-state index contributed by atoms with van der Waals surface area (Å²) in [5, 5.41) is 3.59. The molecule has 1 heterocycles. The maximum Gasteiger partial charge on any atom is 0.339 e. The van der Waals surface area contributed by atoms with E-state index >= 15 is 0 Å². The monoisotopic (exact) mass is 423 g/mol. The lowest BCUT2D eigenvalue weighted by atomic mass is 10.2. The van der Waals surface area contributed by atoms with Gasteiger partial charge in [0.2, 0.25) is 0 Å². The normalized spacial score (nSPS) is 14.0. The van der Waals surface area contributed by atoms with Gasteiger partial charge in [-0.1, -0.05) is 35.3 Å². The van der Waals surface area contributed by atoms with Crippen molar-refractivity contribution in [3.63, 3.8) is 0 Å². The van der Waals surface area contributed by atoms with E-state index in [4.69, 9.17) is 37.4 Å². The van der Waals surface area contributed by atoms with Crippen LogP contribution in [0.5, 0.6) is 11.5 Å². The van der Waals surface area contributed by atoms with E-state index in [-0.39, 0.29) is 10.6 Å². The lowest BCUT2D eigenvalue weighted by Crippen LogP contribution is -2.35. The first-order valence-corrected chi connectivity index (χ1v) is 9.52. The van der Waals surface area contributed by atoms with Crippen LogP contribution in [0.4, 0.5) is 0 Å². The lowest BCUT2D eigenvalue weighted by molar-refractivity contribution is -0.129. The number of nitrogens with one attached hydrogen (secondary N) is 1. The Bertz CT molecular complexity index is 870. The van der Waals surface area contributed by atoms with Gasteiger partial charge in [-0.2, -0.15) is 0 Å². The third-order valence-corrected chi connectivity index (χ3v) is 4.60. The molecule has 0 bridgehead atoms. The molecule has 1 amide bonds. The summed E-state index contributed by atoms with van der Waals surface area (Å²) >= 11 is 12.0. The molecule has 0 aliphatic carbocycles. The molecule has 1 aliphatic heterocycles. The van der Waals surface area contributed by atoms with Gasteiger partial charge in [0.05, 0.1) is 23.8 Å². The van der Waals surface area contributed by atoms with Crippen molar-refractivity contribution in [2.24, 2.45) is 0 Å². The predicted octanol–water partition coefficient (Wildman–Crippen LogP) is 4.02. The molecular weight excluding hydrogens is 405 g/mol. The zero-order chi connectivity index (χ0) is 20.1. The molecular formula is C20H19Cl2NO5. The van der Waals surface area contributed by atoms with Crippen LogP contribution in [0.2, 0.25) is 10.0 Å². The fourth-order valence-electron chi connectivity index (χ4n) is 2.57. The largest absolute Gasteiger partial charge is 0.489 e. The van der Waals surface area contributed by atoms with E-state index < -0.39 is 18.0 Å². The van der Waals surface area contributed by atoms with E-state index in [1.807, 2.05) is 0 Å². The van der Waals surface area contributed by atoms with Gasteiger partial charge in [-0.15, -0.1) is 0 Å². The van der Waals surface area contributed by atoms with E-state index in [9.17, 15) is 9.59 Å². The Balaban J connectivity index is 1.60. The zero-order valence-electron chi connectivity index (χ0n) is 15.2. The molecule has 1 unspecified atom stereocenters. The van der Waals surface area contributed by atoms with Gasteiger partial charge in [0, 0.05) is 18.0 Å². The first-order valence-electron chi connectivity index (χ1n) is 8.76. The second kappa shape index (κ2) is 9.17. The maximum absolute atomic E-state index is 12.4. The number of hydrogen-bond acceptors (Lipinski definition) is 5. The van der Waals surface area contributed by atoms with Crippen LogP contribution in [-0.2, 0) is 16.1 Å². The molecule has 148 valence electrons. The SMILES string of the molecule is CC(OC(=O)c1cc(Cl)c2c(c1)OCCCO2)C(=O)NCc1ccc(Cl)cc1. The summed E-state index contributed by atoms with van der Waals surface area (Å²) in [6.45, 7) is 2.75. The minimum Gasteiger partial charge on any atom is -0.489 e. The van der Waals surface area contributed by atoms with E-state index in [2.05, 4.69) is 5.32 Å². The summed E-state index contributed by atoms with van der Waals surface area (Å²) in [7, 11) is 0. The van der Waals surface area contributed by atoms with Crippen molar-refractivity contribution >= 4 is 35.1 Å². The molecule has 1 atom stereocenters. The molecule has 0 radical (unpaired) electrons. The third-order valence-electron chi connectivity index (χ3n) is 4.07. The van der Waals surface area contributed by atoms with Crippen molar-refractivity contribution < 1.29 is 23.8 Å². The molecule has 0 fully saturated rings. The number of hydrogen-bond donors (Lipinski definition) is 1. The van der Waals surface area contributed by atoms with Crippen LogP contribution in [0, 0.1) is 0 Å². The van der Waals surface area contributed by atoms with Crippen molar-refractivity contribution in [1.29, 1.82) is 0 Å². The van der Waals surface area contributed by atoms with Gasteiger partial charge in [0.25, 0.3) is 5.91 Å². The van der Waals surface area contributed by atoms with Crippen LogP contribution in [0.25, 0.3) is 0 Å². The topological polar surface area (TPSA) is 73.9 Å².